The molecule has 20 heavy (non-hydrogen) atoms. The molecule has 0 bridgehead atoms. The van der Waals surface area contributed by atoms with Gasteiger partial charge in [-0.25, -0.2) is 8.42 Å². The molecule has 0 spiro atoms. The van der Waals surface area contributed by atoms with Crippen LogP contribution in [0.5, 0.6) is 0 Å². The standard InChI is InChI=1S/C15H20BrNO2S/c16-14-5-7-15(8-6-14)20(18,19)17-10-9-12-3-1-2-4-13(12)11-17/h5-8,12-13H,1-4,9-11H2. The first-order valence-corrected chi connectivity index (χ1v) is 9.56. The first kappa shape index (κ1) is 14.5. The van der Waals surface area contributed by atoms with E-state index < -0.39 is 10.0 Å². The molecule has 2 fully saturated rings. The fourth-order valence-corrected chi connectivity index (χ4v) is 5.32. The summed E-state index contributed by atoms with van der Waals surface area (Å²) >= 11 is 3.35. The van der Waals surface area contributed by atoms with E-state index in [4.69, 9.17) is 0 Å². The molecule has 1 aliphatic heterocycles. The largest absolute Gasteiger partial charge is 0.243 e. The Morgan fingerprint density at radius 1 is 1.00 bits per heavy atom. The Kier molecular flexibility index (Phi) is 4.20. The van der Waals surface area contributed by atoms with Gasteiger partial charge in [-0.2, -0.15) is 4.31 Å². The van der Waals surface area contributed by atoms with Crippen molar-refractivity contribution in [2.24, 2.45) is 11.8 Å². The van der Waals surface area contributed by atoms with Crippen LogP contribution >= 0.6 is 15.9 Å². The number of piperidine rings is 1. The van der Waals surface area contributed by atoms with Crippen LogP contribution in [-0.4, -0.2) is 25.8 Å². The van der Waals surface area contributed by atoms with Crippen LogP contribution in [0.1, 0.15) is 32.1 Å². The number of sulfonamides is 1. The Bertz CT molecular complexity index is 570. The quantitative estimate of drug-likeness (QED) is 0.809. The Labute approximate surface area is 129 Å². The van der Waals surface area contributed by atoms with Crippen LogP contribution in [0.3, 0.4) is 0 Å². The predicted molar refractivity (Wildman–Crippen MR) is 83.0 cm³/mol. The first-order valence-electron chi connectivity index (χ1n) is 7.33. The minimum absolute atomic E-state index is 0.412. The third-order valence-corrected chi connectivity index (χ3v) is 7.11. The molecule has 2 aliphatic rings. The second-order valence-electron chi connectivity index (χ2n) is 5.91. The third-order valence-electron chi connectivity index (χ3n) is 4.71. The number of fused-ring (bicyclic) bond motifs is 1. The minimum atomic E-state index is -3.32. The molecule has 5 heteroatoms. The van der Waals surface area contributed by atoms with Crippen molar-refractivity contribution in [2.75, 3.05) is 13.1 Å². The van der Waals surface area contributed by atoms with Gasteiger partial charge in [0.15, 0.2) is 0 Å². The zero-order valence-corrected chi connectivity index (χ0v) is 13.9. The fourth-order valence-electron chi connectivity index (χ4n) is 3.54. The van der Waals surface area contributed by atoms with Gasteiger partial charge in [0, 0.05) is 17.6 Å². The summed E-state index contributed by atoms with van der Waals surface area (Å²) in [5.41, 5.74) is 0. The SMILES string of the molecule is O=S(=O)(c1ccc(Br)cc1)N1CCC2CCCCC2C1. The summed E-state index contributed by atoms with van der Waals surface area (Å²) < 4.78 is 28.0. The molecule has 0 N–H and O–H groups in total. The molecule has 110 valence electrons. The lowest BCUT2D eigenvalue weighted by atomic mass is 9.76. The summed E-state index contributed by atoms with van der Waals surface area (Å²) in [4.78, 5) is 0.412. The van der Waals surface area contributed by atoms with E-state index in [0.717, 1.165) is 16.8 Å². The van der Waals surface area contributed by atoms with Crippen LogP contribution in [0.2, 0.25) is 0 Å². The van der Waals surface area contributed by atoms with Gasteiger partial charge >= 0.3 is 0 Å². The van der Waals surface area contributed by atoms with Crippen molar-refractivity contribution in [3.63, 3.8) is 0 Å². The highest BCUT2D eigenvalue weighted by Gasteiger charge is 2.36. The maximum Gasteiger partial charge on any atom is 0.243 e. The number of benzene rings is 1. The third kappa shape index (κ3) is 2.81. The van der Waals surface area contributed by atoms with Gasteiger partial charge in [-0.1, -0.05) is 35.2 Å². The Balaban J connectivity index is 1.79. The topological polar surface area (TPSA) is 37.4 Å². The average Bonchev–Trinajstić information content (AvgIpc) is 2.47. The van der Waals surface area contributed by atoms with Gasteiger partial charge in [0.2, 0.25) is 10.0 Å². The van der Waals surface area contributed by atoms with E-state index in [0.29, 0.717) is 23.9 Å². The number of hydrogen-bond donors (Lipinski definition) is 0. The maximum absolute atomic E-state index is 12.7. The summed E-state index contributed by atoms with van der Waals surface area (Å²) in [6, 6.07) is 6.96. The van der Waals surface area contributed by atoms with Crippen molar-refractivity contribution in [1.29, 1.82) is 0 Å². The van der Waals surface area contributed by atoms with Gasteiger partial charge in [-0.05, 0) is 48.9 Å². The molecule has 0 aromatic heterocycles. The van der Waals surface area contributed by atoms with Gasteiger partial charge in [0.1, 0.15) is 0 Å². The van der Waals surface area contributed by atoms with Gasteiger partial charge in [-0.3, -0.25) is 0 Å². The fraction of sp³-hybridized carbons (Fsp3) is 0.600. The summed E-state index contributed by atoms with van der Waals surface area (Å²) in [5, 5.41) is 0. The smallest absolute Gasteiger partial charge is 0.207 e. The molecule has 1 aromatic carbocycles. The lowest BCUT2D eigenvalue weighted by molar-refractivity contribution is 0.136. The molecule has 0 radical (unpaired) electrons. The molecule has 0 amide bonds. The van der Waals surface area contributed by atoms with E-state index in [1.54, 1.807) is 28.6 Å². The molecular weight excluding hydrogens is 338 g/mol. The van der Waals surface area contributed by atoms with Crippen molar-refractivity contribution < 1.29 is 8.42 Å². The molecule has 1 saturated heterocycles. The highest BCUT2D eigenvalue weighted by Crippen LogP contribution is 2.37. The zero-order valence-electron chi connectivity index (χ0n) is 11.5. The first-order chi connectivity index (χ1) is 9.57. The van der Waals surface area contributed by atoms with Crippen molar-refractivity contribution >= 4 is 26.0 Å². The van der Waals surface area contributed by atoms with Crippen LogP contribution < -0.4 is 0 Å². The summed E-state index contributed by atoms with van der Waals surface area (Å²) in [6.07, 6.45) is 6.09. The number of rotatable bonds is 2. The molecule has 2 unspecified atom stereocenters. The minimum Gasteiger partial charge on any atom is -0.207 e. The van der Waals surface area contributed by atoms with Gasteiger partial charge in [0.05, 0.1) is 4.90 Å². The Hall–Kier alpha value is -0.390. The summed E-state index contributed by atoms with van der Waals surface area (Å²) in [5.74, 6) is 1.32. The van der Waals surface area contributed by atoms with E-state index in [2.05, 4.69) is 15.9 Å². The number of halogens is 1. The van der Waals surface area contributed by atoms with Crippen LogP contribution in [0, 0.1) is 11.8 Å². The Morgan fingerprint density at radius 2 is 1.65 bits per heavy atom. The normalized spacial score (nSPS) is 28.1. The van der Waals surface area contributed by atoms with E-state index in [9.17, 15) is 8.42 Å². The maximum atomic E-state index is 12.7. The van der Waals surface area contributed by atoms with Gasteiger partial charge in [-0.15, -0.1) is 0 Å². The predicted octanol–water partition coefficient (Wildman–Crippen LogP) is 3.65. The van der Waals surface area contributed by atoms with E-state index in [1.165, 1.54) is 25.7 Å². The molecule has 3 nitrogen and oxygen atoms in total. The van der Waals surface area contributed by atoms with Crippen molar-refractivity contribution in [3.8, 4) is 0 Å². The van der Waals surface area contributed by atoms with Crippen molar-refractivity contribution in [2.45, 2.75) is 37.0 Å². The summed E-state index contributed by atoms with van der Waals surface area (Å²) in [7, 11) is -3.32. The molecule has 1 heterocycles. The second-order valence-corrected chi connectivity index (χ2v) is 8.76. The lowest BCUT2D eigenvalue weighted by Gasteiger charge is -2.40. The highest BCUT2D eigenvalue weighted by molar-refractivity contribution is 9.10. The Morgan fingerprint density at radius 3 is 2.35 bits per heavy atom. The van der Waals surface area contributed by atoms with E-state index in [-0.39, 0.29) is 0 Å². The summed E-state index contributed by atoms with van der Waals surface area (Å²) in [6.45, 7) is 1.39. The van der Waals surface area contributed by atoms with Crippen LogP contribution in [0.25, 0.3) is 0 Å². The molecule has 2 atom stereocenters. The zero-order chi connectivity index (χ0) is 14.2. The van der Waals surface area contributed by atoms with Gasteiger partial charge < -0.3 is 0 Å². The molecule has 1 saturated carbocycles. The van der Waals surface area contributed by atoms with E-state index in [1.807, 2.05) is 0 Å². The molecule has 1 aromatic rings. The number of nitrogens with zero attached hydrogens (tertiary/aromatic N) is 1. The van der Waals surface area contributed by atoms with Crippen LogP contribution in [0.15, 0.2) is 33.6 Å². The average molecular weight is 358 g/mol. The van der Waals surface area contributed by atoms with Crippen molar-refractivity contribution in [3.05, 3.63) is 28.7 Å². The van der Waals surface area contributed by atoms with E-state index >= 15 is 0 Å². The molecule has 3 rings (SSSR count). The van der Waals surface area contributed by atoms with Crippen molar-refractivity contribution in [1.82, 2.24) is 4.31 Å². The monoisotopic (exact) mass is 357 g/mol. The van der Waals surface area contributed by atoms with Gasteiger partial charge in [0.25, 0.3) is 0 Å². The van der Waals surface area contributed by atoms with Crippen LogP contribution in [-0.2, 0) is 10.0 Å². The number of hydrogen-bond acceptors (Lipinski definition) is 2. The highest BCUT2D eigenvalue weighted by atomic mass is 79.9. The second kappa shape index (κ2) is 5.78. The van der Waals surface area contributed by atoms with Crippen LogP contribution in [0.4, 0.5) is 0 Å². The lowest BCUT2D eigenvalue weighted by Crippen LogP contribution is -2.44. The molecular formula is C15H20BrNO2S. The molecule has 1 aliphatic carbocycles.